The van der Waals surface area contributed by atoms with Crippen LogP contribution >= 0.6 is 0 Å². The number of nitrogens with one attached hydrogen (secondary N) is 1. The number of hydrogen-bond donors (Lipinski definition) is 1. The van der Waals surface area contributed by atoms with E-state index in [9.17, 15) is 9.59 Å². The summed E-state index contributed by atoms with van der Waals surface area (Å²) in [6, 6.07) is -0.837. The zero-order chi connectivity index (χ0) is 15.4. The standard InChI is InChI=1S/C14H23N5O2/c1-4-7-11-13(20)17-10(5-2)14(21)18(11)8-12-15-9-16-19(12)6-3/h9-11H,4-8H2,1-3H3,(H,17,20). The summed E-state index contributed by atoms with van der Waals surface area (Å²) in [5.41, 5.74) is 0. The number of carbonyl (C=O) groups excluding carboxylic acids is 2. The van der Waals surface area contributed by atoms with E-state index in [2.05, 4.69) is 15.4 Å². The van der Waals surface area contributed by atoms with E-state index in [0.717, 1.165) is 12.2 Å². The van der Waals surface area contributed by atoms with Crippen molar-refractivity contribution >= 4 is 11.8 Å². The van der Waals surface area contributed by atoms with E-state index >= 15 is 0 Å². The van der Waals surface area contributed by atoms with Crippen LogP contribution in [0.4, 0.5) is 0 Å². The molecule has 0 saturated carbocycles. The molecule has 7 heteroatoms. The normalized spacial score (nSPS) is 22.5. The maximum absolute atomic E-state index is 12.6. The highest BCUT2D eigenvalue weighted by Crippen LogP contribution is 2.18. The summed E-state index contributed by atoms with van der Waals surface area (Å²) in [7, 11) is 0. The van der Waals surface area contributed by atoms with E-state index < -0.39 is 12.1 Å². The molecular weight excluding hydrogens is 270 g/mol. The second-order valence-corrected chi connectivity index (χ2v) is 5.23. The highest BCUT2D eigenvalue weighted by atomic mass is 16.2. The summed E-state index contributed by atoms with van der Waals surface area (Å²) < 4.78 is 1.75. The Morgan fingerprint density at radius 3 is 2.67 bits per heavy atom. The first-order valence-corrected chi connectivity index (χ1v) is 7.59. The van der Waals surface area contributed by atoms with Gasteiger partial charge in [-0.2, -0.15) is 5.10 Å². The largest absolute Gasteiger partial charge is 0.343 e. The Bertz CT molecular complexity index is 513. The minimum atomic E-state index is -0.427. The molecule has 1 saturated heterocycles. The molecule has 116 valence electrons. The van der Waals surface area contributed by atoms with Crippen LogP contribution in [0.1, 0.15) is 45.9 Å². The zero-order valence-corrected chi connectivity index (χ0v) is 12.9. The van der Waals surface area contributed by atoms with Crippen molar-refractivity contribution in [2.45, 2.75) is 65.2 Å². The lowest BCUT2D eigenvalue weighted by atomic mass is 10.0. The average Bonchev–Trinajstić information content (AvgIpc) is 2.93. The third-order valence-corrected chi connectivity index (χ3v) is 3.85. The van der Waals surface area contributed by atoms with E-state index in [4.69, 9.17) is 0 Å². The van der Waals surface area contributed by atoms with Gasteiger partial charge in [0.15, 0.2) is 0 Å². The summed E-state index contributed by atoms with van der Waals surface area (Å²) in [5, 5.41) is 6.94. The Morgan fingerprint density at radius 2 is 2.05 bits per heavy atom. The van der Waals surface area contributed by atoms with Crippen LogP contribution in [0.5, 0.6) is 0 Å². The molecule has 2 unspecified atom stereocenters. The Morgan fingerprint density at radius 1 is 1.29 bits per heavy atom. The van der Waals surface area contributed by atoms with Crippen LogP contribution < -0.4 is 5.32 Å². The number of piperazine rings is 1. The van der Waals surface area contributed by atoms with Gasteiger partial charge in [0, 0.05) is 6.54 Å². The Balaban J connectivity index is 2.25. The average molecular weight is 293 g/mol. The van der Waals surface area contributed by atoms with Crippen LogP contribution in [0.25, 0.3) is 0 Å². The van der Waals surface area contributed by atoms with Crippen molar-refractivity contribution in [3.63, 3.8) is 0 Å². The number of amides is 2. The number of aryl methyl sites for hydroxylation is 1. The van der Waals surface area contributed by atoms with Crippen molar-refractivity contribution in [1.29, 1.82) is 0 Å². The molecule has 2 atom stereocenters. The molecule has 2 heterocycles. The minimum absolute atomic E-state index is 0.0267. The molecule has 1 aromatic rings. The lowest BCUT2D eigenvalue weighted by molar-refractivity contribution is -0.150. The van der Waals surface area contributed by atoms with Gasteiger partial charge >= 0.3 is 0 Å². The molecule has 21 heavy (non-hydrogen) atoms. The Labute approximate surface area is 124 Å². The molecule has 0 radical (unpaired) electrons. The molecule has 0 aliphatic carbocycles. The van der Waals surface area contributed by atoms with Gasteiger partial charge in [0.05, 0.1) is 6.54 Å². The van der Waals surface area contributed by atoms with Gasteiger partial charge in [-0.3, -0.25) is 9.59 Å². The molecule has 2 amide bonds. The number of hydrogen-bond acceptors (Lipinski definition) is 4. The highest BCUT2D eigenvalue weighted by molar-refractivity contribution is 5.96. The van der Waals surface area contributed by atoms with Gasteiger partial charge in [-0.25, -0.2) is 9.67 Å². The summed E-state index contributed by atoms with van der Waals surface area (Å²) >= 11 is 0. The van der Waals surface area contributed by atoms with E-state index in [1.54, 1.807) is 9.58 Å². The number of nitrogens with zero attached hydrogens (tertiary/aromatic N) is 4. The van der Waals surface area contributed by atoms with Crippen LogP contribution in [0.2, 0.25) is 0 Å². The molecule has 0 spiro atoms. The first-order chi connectivity index (χ1) is 10.1. The van der Waals surface area contributed by atoms with Gasteiger partial charge in [-0.05, 0) is 19.8 Å². The van der Waals surface area contributed by atoms with Crippen LogP contribution in [-0.2, 0) is 22.7 Å². The maximum atomic E-state index is 12.6. The van der Waals surface area contributed by atoms with Crippen LogP contribution in [-0.4, -0.2) is 43.6 Å². The van der Waals surface area contributed by atoms with Crippen molar-refractivity contribution < 1.29 is 9.59 Å². The van der Waals surface area contributed by atoms with Crippen LogP contribution in [0, 0.1) is 0 Å². The molecule has 1 aliphatic heterocycles. The monoisotopic (exact) mass is 293 g/mol. The molecular formula is C14H23N5O2. The third-order valence-electron chi connectivity index (χ3n) is 3.85. The van der Waals surface area contributed by atoms with Gasteiger partial charge in [0.1, 0.15) is 24.2 Å². The molecule has 1 N–H and O–H groups in total. The van der Waals surface area contributed by atoms with Crippen LogP contribution in [0.3, 0.4) is 0 Å². The molecule has 2 rings (SSSR count). The summed E-state index contributed by atoms with van der Waals surface area (Å²) in [4.78, 5) is 30.7. The summed E-state index contributed by atoms with van der Waals surface area (Å²) in [6.07, 6.45) is 3.59. The van der Waals surface area contributed by atoms with Crippen LogP contribution in [0.15, 0.2) is 6.33 Å². The molecule has 0 aromatic carbocycles. The van der Waals surface area contributed by atoms with Crippen molar-refractivity contribution in [2.24, 2.45) is 0 Å². The SMILES string of the molecule is CCCC1C(=O)NC(CC)C(=O)N1Cc1ncnn1CC. The van der Waals surface area contributed by atoms with Crippen molar-refractivity contribution in [1.82, 2.24) is 25.0 Å². The first-order valence-electron chi connectivity index (χ1n) is 7.59. The number of carbonyl (C=O) groups is 2. The smallest absolute Gasteiger partial charge is 0.246 e. The fourth-order valence-electron chi connectivity index (χ4n) is 2.68. The van der Waals surface area contributed by atoms with Gasteiger partial charge < -0.3 is 10.2 Å². The third kappa shape index (κ3) is 3.06. The van der Waals surface area contributed by atoms with Gasteiger partial charge in [0.2, 0.25) is 11.8 Å². The van der Waals surface area contributed by atoms with Gasteiger partial charge in [-0.15, -0.1) is 0 Å². The maximum Gasteiger partial charge on any atom is 0.246 e. The molecule has 1 aromatic heterocycles. The van der Waals surface area contributed by atoms with Crippen molar-refractivity contribution in [2.75, 3.05) is 0 Å². The molecule has 7 nitrogen and oxygen atoms in total. The van der Waals surface area contributed by atoms with Crippen molar-refractivity contribution in [3.05, 3.63) is 12.2 Å². The minimum Gasteiger partial charge on any atom is -0.343 e. The molecule has 1 fully saturated rings. The van der Waals surface area contributed by atoms with Crippen molar-refractivity contribution in [3.8, 4) is 0 Å². The summed E-state index contributed by atoms with van der Waals surface area (Å²) in [5.74, 6) is 0.628. The predicted molar refractivity (Wildman–Crippen MR) is 77.2 cm³/mol. The van der Waals surface area contributed by atoms with E-state index in [1.165, 1.54) is 6.33 Å². The van der Waals surface area contributed by atoms with E-state index in [1.807, 2.05) is 20.8 Å². The Kier molecular flexibility index (Phi) is 4.93. The topological polar surface area (TPSA) is 80.1 Å². The number of rotatable bonds is 6. The first kappa shape index (κ1) is 15.5. The second-order valence-electron chi connectivity index (χ2n) is 5.23. The molecule has 1 aliphatic rings. The van der Waals surface area contributed by atoms with E-state index in [0.29, 0.717) is 25.9 Å². The zero-order valence-electron chi connectivity index (χ0n) is 12.9. The highest BCUT2D eigenvalue weighted by Gasteiger charge is 2.39. The van der Waals surface area contributed by atoms with Gasteiger partial charge in [0.25, 0.3) is 0 Å². The quantitative estimate of drug-likeness (QED) is 0.837. The fraction of sp³-hybridized carbons (Fsp3) is 0.714. The Hall–Kier alpha value is -1.92. The predicted octanol–water partition coefficient (Wildman–Crippen LogP) is 0.704. The fourth-order valence-corrected chi connectivity index (χ4v) is 2.68. The lowest BCUT2D eigenvalue weighted by Crippen LogP contribution is -2.62. The lowest BCUT2D eigenvalue weighted by Gasteiger charge is -2.38. The second kappa shape index (κ2) is 6.69. The van der Waals surface area contributed by atoms with E-state index in [-0.39, 0.29) is 11.8 Å². The van der Waals surface area contributed by atoms with Gasteiger partial charge in [-0.1, -0.05) is 20.3 Å². The summed E-state index contributed by atoms with van der Waals surface area (Å²) in [6.45, 7) is 6.91. The molecule has 0 bridgehead atoms. The number of aromatic nitrogens is 3.